The van der Waals surface area contributed by atoms with E-state index >= 15 is 0 Å². The summed E-state index contributed by atoms with van der Waals surface area (Å²) in [5.41, 5.74) is 5.29. The van der Waals surface area contributed by atoms with Gasteiger partial charge >= 0.3 is 0 Å². The molecule has 0 bridgehead atoms. The number of aromatic nitrogens is 1. The van der Waals surface area contributed by atoms with Crippen LogP contribution in [0.4, 0.5) is 0 Å². The molecule has 0 radical (unpaired) electrons. The quantitative estimate of drug-likeness (QED) is 0.236. The zero-order valence-electron chi connectivity index (χ0n) is 20.6. The highest BCUT2D eigenvalue weighted by atomic mass is 32.1. The van der Waals surface area contributed by atoms with Gasteiger partial charge in [0, 0.05) is 41.5 Å². The summed E-state index contributed by atoms with van der Waals surface area (Å²) in [5.74, 6) is 0.681. The molecule has 4 heteroatoms. The van der Waals surface area contributed by atoms with E-state index in [-0.39, 0.29) is 5.41 Å². The van der Waals surface area contributed by atoms with Gasteiger partial charge in [-0.3, -0.25) is 4.98 Å². The van der Waals surface area contributed by atoms with Gasteiger partial charge in [-0.25, -0.2) is 0 Å². The Labute approximate surface area is 213 Å². The number of rotatable bonds is 3. The number of hydrogen-bond donors (Lipinski definition) is 0. The van der Waals surface area contributed by atoms with Gasteiger partial charge in [0.25, 0.3) is 0 Å². The lowest BCUT2D eigenvalue weighted by atomic mass is 9.85. The zero-order chi connectivity index (χ0) is 23.8. The van der Waals surface area contributed by atoms with Crippen LogP contribution in [0.15, 0.2) is 48.0 Å². The van der Waals surface area contributed by atoms with E-state index in [0.717, 1.165) is 12.1 Å². The third-order valence-corrected chi connectivity index (χ3v) is 10.2. The molecular weight excluding hydrogens is 471 g/mol. The predicted molar refractivity (Wildman–Crippen MR) is 155 cm³/mol. The van der Waals surface area contributed by atoms with E-state index in [0.29, 0.717) is 5.92 Å². The van der Waals surface area contributed by atoms with Crippen molar-refractivity contribution in [3.8, 4) is 11.3 Å². The van der Waals surface area contributed by atoms with Crippen LogP contribution in [0, 0.1) is 12.8 Å². The van der Waals surface area contributed by atoms with Crippen molar-refractivity contribution in [1.82, 2.24) is 4.98 Å². The van der Waals surface area contributed by atoms with Crippen LogP contribution in [0.5, 0.6) is 0 Å². The van der Waals surface area contributed by atoms with Gasteiger partial charge in [-0.05, 0) is 88.4 Å². The number of thiophene rings is 3. The lowest BCUT2D eigenvalue weighted by Crippen LogP contribution is -2.11. The minimum atomic E-state index is 0.0861. The Morgan fingerprint density at radius 2 is 1.65 bits per heavy atom. The van der Waals surface area contributed by atoms with E-state index in [1.807, 2.05) is 40.2 Å². The first-order valence-electron chi connectivity index (χ1n) is 12.0. The molecule has 0 aliphatic carbocycles. The number of hydrogen-bond acceptors (Lipinski definition) is 4. The summed E-state index contributed by atoms with van der Waals surface area (Å²) in [6.45, 7) is 13.8. The van der Waals surface area contributed by atoms with Gasteiger partial charge in [0.2, 0.25) is 0 Å². The van der Waals surface area contributed by atoms with Crippen LogP contribution in [0.1, 0.15) is 50.6 Å². The first-order valence-corrected chi connectivity index (χ1v) is 14.5. The van der Waals surface area contributed by atoms with Crippen LogP contribution in [-0.2, 0) is 11.8 Å². The molecule has 0 fully saturated rings. The Hall–Kier alpha value is -2.27. The molecule has 0 spiro atoms. The lowest BCUT2D eigenvalue weighted by Gasteiger charge is -2.21. The van der Waals surface area contributed by atoms with E-state index in [1.54, 1.807) is 0 Å². The normalized spacial score (nSPS) is 12.8. The van der Waals surface area contributed by atoms with Gasteiger partial charge in [0.1, 0.15) is 0 Å². The molecule has 0 aliphatic rings. The van der Waals surface area contributed by atoms with E-state index in [9.17, 15) is 0 Å². The molecule has 0 amide bonds. The highest BCUT2D eigenvalue weighted by Crippen LogP contribution is 2.44. The second kappa shape index (κ2) is 7.87. The fourth-order valence-electron chi connectivity index (χ4n) is 5.01. The Morgan fingerprint density at radius 1 is 0.882 bits per heavy atom. The Balaban J connectivity index is 1.59. The summed E-state index contributed by atoms with van der Waals surface area (Å²) in [7, 11) is 0. The molecule has 1 nitrogen and oxygen atoms in total. The monoisotopic (exact) mass is 499 g/mol. The Morgan fingerprint density at radius 3 is 2.41 bits per heavy atom. The van der Waals surface area contributed by atoms with Gasteiger partial charge in [-0.1, -0.05) is 34.6 Å². The molecular formula is C30H29NS3. The van der Waals surface area contributed by atoms with Crippen molar-refractivity contribution in [2.75, 3.05) is 0 Å². The molecule has 4 heterocycles. The summed E-state index contributed by atoms with van der Waals surface area (Å²) < 4.78 is 5.46. The van der Waals surface area contributed by atoms with Crippen molar-refractivity contribution in [2.45, 2.75) is 53.4 Å². The molecule has 34 heavy (non-hydrogen) atoms. The second-order valence-corrected chi connectivity index (χ2v) is 13.9. The van der Waals surface area contributed by atoms with Crippen molar-refractivity contribution in [1.29, 1.82) is 0 Å². The average molecular weight is 500 g/mol. The SMILES string of the molecule is Cc1c(CC(C)C)sc2cc3c(cc12)sc1c(-c2cc(C(C)(C)C)c4sccc4c2)nccc13. The first-order chi connectivity index (χ1) is 16.2. The Bertz CT molecular complexity index is 1700. The van der Waals surface area contributed by atoms with Crippen molar-refractivity contribution < 1.29 is 0 Å². The van der Waals surface area contributed by atoms with Crippen LogP contribution in [0.3, 0.4) is 0 Å². The number of benzene rings is 2. The summed E-state index contributed by atoms with van der Waals surface area (Å²) in [5, 5.41) is 7.64. The topological polar surface area (TPSA) is 12.9 Å². The average Bonchev–Trinajstić information content (AvgIpc) is 3.46. The van der Waals surface area contributed by atoms with Gasteiger partial charge < -0.3 is 0 Å². The highest BCUT2D eigenvalue weighted by molar-refractivity contribution is 7.26. The first kappa shape index (κ1) is 22.2. The maximum absolute atomic E-state index is 4.92. The van der Waals surface area contributed by atoms with Crippen LogP contribution in [-0.4, -0.2) is 4.98 Å². The smallest absolute Gasteiger partial charge is 0.0880 e. The minimum Gasteiger partial charge on any atom is -0.255 e. The number of nitrogens with zero attached hydrogens (tertiary/aromatic N) is 1. The van der Waals surface area contributed by atoms with Crippen molar-refractivity contribution in [2.24, 2.45) is 5.92 Å². The van der Waals surface area contributed by atoms with Crippen LogP contribution in [0.2, 0.25) is 0 Å². The molecule has 0 saturated heterocycles. The summed E-state index contributed by atoms with van der Waals surface area (Å²) in [6, 6.07) is 14.0. The summed E-state index contributed by atoms with van der Waals surface area (Å²) in [4.78, 5) is 6.46. The van der Waals surface area contributed by atoms with Crippen LogP contribution >= 0.6 is 34.0 Å². The fraction of sp³-hybridized carbons (Fsp3) is 0.300. The third kappa shape index (κ3) is 3.50. The maximum Gasteiger partial charge on any atom is 0.0880 e. The maximum atomic E-state index is 4.92. The second-order valence-electron chi connectivity index (χ2n) is 10.8. The van der Waals surface area contributed by atoms with E-state index < -0.39 is 0 Å². The molecule has 0 aliphatic heterocycles. The number of aryl methyl sites for hydroxylation is 1. The van der Waals surface area contributed by atoms with E-state index in [1.165, 1.54) is 61.9 Å². The molecule has 6 aromatic rings. The molecule has 0 unspecified atom stereocenters. The highest BCUT2D eigenvalue weighted by Gasteiger charge is 2.21. The number of pyridine rings is 1. The minimum absolute atomic E-state index is 0.0861. The standard InChI is InChI=1S/C30H29NS3/c1-16(2)11-24-17(3)21-14-26-22(15-25(21)33-24)20-7-9-31-27(29(20)34-26)19-12-18-8-10-32-28(18)23(13-19)30(4,5)6/h7-10,12-16H,11H2,1-6H3. The van der Waals surface area contributed by atoms with Crippen molar-refractivity contribution in [3.63, 3.8) is 0 Å². The summed E-state index contributed by atoms with van der Waals surface area (Å²) >= 11 is 5.72. The van der Waals surface area contributed by atoms with Crippen molar-refractivity contribution in [3.05, 3.63) is 64.0 Å². The molecule has 0 N–H and O–H groups in total. The summed E-state index contributed by atoms with van der Waals surface area (Å²) in [6.07, 6.45) is 3.15. The third-order valence-electron chi connectivity index (χ3n) is 6.77. The largest absolute Gasteiger partial charge is 0.255 e. The van der Waals surface area contributed by atoms with E-state index in [4.69, 9.17) is 4.98 Å². The van der Waals surface area contributed by atoms with Gasteiger partial charge in [-0.15, -0.1) is 34.0 Å². The molecule has 0 saturated carbocycles. The van der Waals surface area contributed by atoms with E-state index in [2.05, 4.69) is 83.3 Å². The molecule has 0 atom stereocenters. The number of fused-ring (bicyclic) bond motifs is 5. The van der Waals surface area contributed by atoms with Gasteiger partial charge in [0.05, 0.1) is 10.4 Å². The predicted octanol–water partition coefficient (Wildman–Crippen LogP) is 10.4. The zero-order valence-corrected chi connectivity index (χ0v) is 23.0. The Kier molecular flexibility index (Phi) is 5.14. The van der Waals surface area contributed by atoms with Gasteiger partial charge in [-0.2, -0.15) is 0 Å². The van der Waals surface area contributed by atoms with Crippen LogP contribution in [0.25, 0.3) is 51.6 Å². The molecule has 2 aromatic carbocycles. The lowest BCUT2D eigenvalue weighted by molar-refractivity contribution is 0.597. The molecule has 172 valence electrons. The molecule has 6 rings (SSSR count). The van der Waals surface area contributed by atoms with Gasteiger partial charge in [0.15, 0.2) is 0 Å². The molecule has 4 aromatic heterocycles. The fourth-order valence-corrected chi connectivity index (χ4v) is 8.79. The van der Waals surface area contributed by atoms with Crippen LogP contribution < -0.4 is 0 Å². The van der Waals surface area contributed by atoms with Crippen molar-refractivity contribution >= 4 is 74.4 Å².